The van der Waals surface area contributed by atoms with Crippen LogP contribution in [0.15, 0.2) is 42.9 Å². The number of halogens is 3. The maximum absolute atomic E-state index is 13.1. The van der Waals surface area contributed by atoms with Gasteiger partial charge in [0.1, 0.15) is 17.8 Å². The molecule has 0 radical (unpaired) electrons. The van der Waals surface area contributed by atoms with Crippen LogP contribution < -0.4 is 10.6 Å². The molecule has 0 aliphatic heterocycles. The van der Waals surface area contributed by atoms with Crippen LogP contribution in [-0.4, -0.2) is 47.1 Å². The van der Waals surface area contributed by atoms with E-state index in [-0.39, 0.29) is 11.4 Å². The lowest BCUT2D eigenvalue weighted by Crippen LogP contribution is -2.16. The van der Waals surface area contributed by atoms with Crippen molar-refractivity contribution in [1.29, 1.82) is 0 Å². The number of hydrogen-bond acceptors (Lipinski definition) is 7. The van der Waals surface area contributed by atoms with Gasteiger partial charge in [0.25, 0.3) is 5.91 Å². The fourth-order valence-electron chi connectivity index (χ4n) is 3.59. The number of alkyl halides is 3. The van der Waals surface area contributed by atoms with E-state index >= 15 is 0 Å². The molecule has 0 atom stereocenters. The van der Waals surface area contributed by atoms with Crippen LogP contribution in [0.2, 0.25) is 0 Å². The van der Waals surface area contributed by atoms with Crippen molar-refractivity contribution in [3.8, 4) is 28.4 Å². The Hall–Kier alpha value is -4.42. The summed E-state index contributed by atoms with van der Waals surface area (Å²) in [6, 6.07) is 6.19. The lowest BCUT2D eigenvalue weighted by Gasteiger charge is -2.14. The van der Waals surface area contributed by atoms with Crippen molar-refractivity contribution in [2.45, 2.75) is 13.1 Å². The van der Waals surface area contributed by atoms with E-state index in [1.807, 2.05) is 6.92 Å². The number of anilines is 2. The van der Waals surface area contributed by atoms with Gasteiger partial charge in [-0.1, -0.05) is 6.07 Å². The number of hydrogen-bond donors (Lipinski definition) is 3. The lowest BCUT2D eigenvalue weighted by molar-refractivity contribution is -0.138. The first-order chi connectivity index (χ1) is 16.6. The van der Waals surface area contributed by atoms with Crippen molar-refractivity contribution >= 4 is 17.4 Å². The smallest absolute Gasteiger partial charge is 0.420 e. The standard InChI is InChI=1S/C22H21F3N8O2/c1-4-26-17-9-12(18-13(10-28-33(18)3)20-31-27-11-32(20)2)8-16(29-17)21(35)30-15-7-5-6-14(19(15)34)22(23,24)25/h5-11,34H,4H2,1-3H3,(H,26,29)(H,30,35). The number of phenolic OH excluding ortho intramolecular Hbond substituents is 1. The highest BCUT2D eigenvalue weighted by Crippen LogP contribution is 2.39. The van der Waals surface area contributed by atoms with Crippen LogP contribution >= 0.6 is 0 Å². The van der Waals surface area contributed by atoms with Gasteiger partial charge in [-0.05, 0) is 31.2 Å². The zero-order chi connectivity index (χ0) is 25.3. The highest BCUT2D eigenvalue weighted by atomic mass is 19.4. The van der Waals surface area contributed by atoms with Gasteiger partial charge in [0.15, 0.2) is 11.6 Å². The second kappa shape index (κ2) is 9.08. The van der Waals surface area contributed by atoms with Crippen molar-refractivity contribution in [3.05, 3.63) is 54.1 Å². The summed E-state index contributed by atoms with van der Waals surface area (Å²) < 4.78 is 42.8. The predicted octanol–water partition coefficient (Wildman–Crippen LogP) is 3.69. The quantitative estimate of drug-likeness (QED) is 0.355. The largest absolute Gasteiger partial charge is 0.505 e. The van der Waals surface area contributed by atoms with Gasteiger partial charge in [-0.15, -0.1) is 10.2 Å². The first-order valence-electron chi connectivity index (χ1n) is 10.4. The Labute approximate surface area is 197 Å². The molecule has 1 amide bonds. The number of carbonyl (C=O) groups excluding carboxylic acids is 1. The fraction of sp³-hybridized carbons (Fsp3) is 0.227. The SMILES string of the molecule is CCNc1cc(-c2c(-c3nncn3C)cnn2C)cc(C(=O)Nc2cccc(C(F)(F)F)c2O)n1. The lowest BCUT2D eigenvalue weighted by atomic mass is 10.1. The molecule has 0 unspecified atom stereocenters. The molecule has 0 fully saturated rings. The number of rotatable bonds is 6. The molecule has 0 spiro atoms. The Balaban J connectivity index is 1.77. The first kappa shape index (κ1) is 23.7. The first-order valence-corrected chi connectivity index (χ1v) is 10.4. The van der Waals surface area contributed by atoms with Crippen LogP contribution in [0.4, 0.5) is 24.7 Å². The van der Waals surface area contributed by atoms with Gasteiger partial charge in [0.05, 0.1) is 28.7 Å². The Kier molecular flexibility index (Phi) is 6.16. The topological polar surface area (TPSA) is 123 Å². The number of aromatic hydroxyl groups is 1. The van der Waals surface area contributed by atoms with Gasteiger partial charge in [-0.3, -0.25) is 9.48 Å². The Morgan fingerprint density at radius 1 is 1.20 bits per heavy atom. The molecule has 0 saturated carbocycles. The summed E-state index contributed by atoms with van der Waals surface area (Å²) in [5.41, 5.74) is 0.116. The highest BCUT2D eigenvalue weighted by Gasteiger charge is 2.35. The molecule has 1 aromatic carbocycles. The van der Waals surface area contributed by atoms with Crippen molar-refractivity contribution in [2.75, 3.05) is 17.2 Å². The molecule has 0 aliphatic rings. The summed E-state index contributed by atoms with van der Waals surface area (Å²) in [6.45, 7) is 2.36. The second-order valence-corrected chi connectivity index (χ2v) is 7.61. The third kappa shape index (κ3) is 4.65. The van der Waals surface area contributed by atoms with E-state index in [0.717, 1.165) is 12.1 Å². The van der Waals surface area contributed by atoms with Gasteiger partial charge in [0.2, 0.25) is 0 Å². The third-order valence-corrected chi connectivity index (χ3v) is 5.17. The minimum absolute atomic E-state index is 0.0830. The summed E-state index contributed by atoms with van der Waals surface area (Å²) in [4.78, 5) is 17.3. The summed E-state index contributed by atoms with van der Waals surface area (Å²) in [6.07, 6.45) is -1.62. The minimum Gasteiger partial charge on any atom is -0.505 e. The molecule has 3 N–H and O–H groups in total. The molecule has 13 heteroatoms. The van der Waals surface area contributed by atoms with E-state index in [9.17, 15) is 23.1 Å². The molecular weight excluding hydrogens is 465 g/mol. The van der Waals surface area contributed by atoms with E-state index in [0.29, 0.717) is 35.0 Å². The number of carbonyl (C=O) groups is 1. The van der Waals surface area contributed by atoms with Crippen LogP contribution in [-0.2, 0) is 20.3 Å². The fourth-order valence-corrected chi connectivity index (χ4v) is 3.59. The zero-order valence-electron chi connectivity index (χ0n) is 18.9. The molecule has 0 saturated heterocycles. The van der Waals surface area contributed by atoms with Crippen LogP contribution in [0.5, 0.6) is 5.75 Å². The number of nitrogens with one attached hydrogen (secondary N) is 2. The number of amides is 1. The van der Waals surface area contributed by atoms with Crippen LogP contribution in [0.1, 0.15) is 23.0 Å². The number of benzene rings is 1. The number of nitrogens with zero attached hydrogens (tertiary/aromatic N) is 6. The molecule has 3 aromatic heterocycles. The van der Waals surface area contributed by atoms with E-state index in [1.54, 1.807) is 41.9 Å². The van der Waals surface area contributed by atoms with E-state index in [1.165, 1.54) is 12.1 Å². The minimum atomic E-state index is -4.78. The Morgan fingerprint density at radius 3 is 2.63 bits per heavy atom. The third-order valence-electron chi connectivity index (χ3n) is 5.17. The van der Waals surface area contributed by atoms with Crippen molar-refractivity contribution < 1.29 is 23.1 Å². The number of phenols is 1. The monoisotopic (exact) mass is 486 g/mol. The van der Waals surface area contributed by atoms with Crippen molar-refractivity contribution in [3.63, 3.8) is 0 Å². The van der Waals surface area contributed by atoms with Gasteiger partial charge in [-0.25, -0.2) is 4.98 Å². The summed E-state index contributed by atoms with van der Waals surface area (Å²) in [7, 11) is 3.51. The molecule has 182 valence electrons. The number of aryl methyl sites for hydroxylation is 2. The molecule has 35 heavy (non-hydrogen) atoms. The average Bonchev–Trinajstić information content (AvgIpc) is 3.39. The maximum Gasteiger partial charge on any atom is 0.420 e. The van der Waals surface area contributed by atoms with Crippen LogP contribution in [0, 0.1) is 0 Å². The van der Waals surface area contributed by atoms with Crippen LogP contribution in [0.3, 0.4) is 0 Å². The summed E-state index contributed by atoms with van der Waals surface area (Å²) >= 11 is 0. The maximum atomic E-state index is 13.1. The van der Waals surface area contributed by atoms with E-state index < -0.39 is 23.4 Å². The number of pyridine rings is 1. The number of para-hydroxylation sites is 1. The van der Waals surface area contributed by atoms with Crippen molar-refractivity contribution in [2.24, 2.45) is 14.1 Å². The normalized spacial score (nSPS) is 11.5. The Bertz CT molecular complexity index is 1390. The summed E-state index contributed by atoms with van der Waals surface area (Å²) in [5.74, 6) is -0.959. The van der Waals surface area contributed by atoms with Gasteiger partial charge >= 0.3 is 6.18 Å². The van der Waals surface area contributed by atoms with Gasteiger partial charge < -0.3 is 20.3 Å². The van der Waals surface area contributed by atoms with E-state index in [4.69, 9.17) is 0 Å². The highest BCUT2D eigenvalue weighted by molar-refractivity contribution is 6.05. The molecular formula is C22H21F3N8O2. The molecule has 0 aliphatic carbocycles. The summed E-state index contributed by atoms with van der Waals surface area (Å²) in [5, 5.41) is 27.8. The zero-order valence-corrected chi connectivity index (χ0v) is 18.9. The second-order valence-electron chi connectivity index (χ2n) is 7.61. The Morgan fingerprint density at radius 2 is 1.97 bits per heavy atom. The number of aromatic nitrogens is 6. The molecule has 4 aromatic rings. The van der Waals surface area contributed by atoms with Gasteiger partial charge in [-0.2, -0.15) is 18.3 Å². The molecule has 10 nitrogen and oxygen atoms in total. The van der Waals surface area contributed by atoms with Crippen LogP contribution in [0.25, 0.3) is 22.6 Å². The van der Waals surface area contributed by atoms with Gasteiger partial charge in [0, 0.05) is 26.2 Å². The molecule has 0 bridgehead atoms. The molecule has 3 heterocycles. The molecule has 4 rings (SSSR count). The predicted molar refractivity (Wildman–Crippen MR) is 122 cm³/mol. The van der Waals surface area contributed by atoms with Crippen molar-refractivity contribution in [1.82, 2.24) is 29.5 Å². The average molecular weight is 486 g/mol. The van der Waals surface area contributed by atoms with E-state index in [2.05, 4.69) is 30.9 Å².